The number of nitrogens with one attached hydrogen (secondary N) is 1. The largest absolute Gasteiger partial charge is 0.497 e. The van der Waals surface area contributed by atoms with Crippen LogP contribution in [0, 0.1) is 10.1 Å². The summed E-state index contributed by atoms with van der Waals surface area (Å²) < 4.78 is 13.2. The van der Waals surface area contributed by atoms with Gasteiger partial charge in [-0.2, -0.15) is 0 Å². The monoisotopic (exact) mass is 660 g/mol. The number of benzene rings is 3. The van der Waals surface area contributed by atoms with Crippen LogP contribution >= 0.6 is 34.5 Å². The summed E-state index contributed by atoms with van der Waals surface area (Å²) in [6, 6.07) is 21.2. The van der Waals surface area contributed by atoms with Gasteiger partial charge in [-0.25, -0.2) is 4.99 Å². The van der Waals surface area contributed by atoms with Crippen molar-refractivity contribution in [1.82, 2.24) is 4.57 Å². The van der Waals surface area contributed by atoms with E-state index >= 15 is 0 Å². The zero-order chi connectivity index (χ0) is 31.8. The number of furan rings is 1. The lowest BCUT2D eigenvalue weighted by atomic mass is 9.95. The molecular weight excluding hydrogens is 639 g/mol. The number of carbonyl (C=O) groups excluding carboxylic acids is 1. The number of methoxy groups -OCH3 is 1. The van der Waals surface area contributed by atoms with Gasteiger partial charge in [-0.3, -0.25) is 24.3 Å². The highest BCUT2D eigenvalue weighted by atomic mass is 35.5. The van der Waals surface area contributed by atoms with Crippen molar-refractivity contribution < 1.29 is 18.9 Å². The molecule has 1 aliphatic rings. The lowest BCUT2D eigenvalue weighted by Gasteiger charge is -2.25. The van der Waals surface area contributed by atoms with Gasteiger partial charge in [0.15, 0.2) is 4.80 Å². The van der Waals surface area contributed by atoms with Gasteiger partial charge in [0.2, 0.25) is 0 Å². The zero-order valence-corrected chi connectivity index (χ0v) is 25.9. The molecule has 13 heteroatoms. The van der Waals surface area contributed by atoms with Crippen LogP contribution in [0.15, 0.2) is 104 Å². The highest BCUT2D eigenvalue weighted by Gasteiger charge is 2.33. The predicted molar refractivity (Wildman–Crippen MR) is 173 cm³/mol. The lowest BCUT2D eigenvalue weighted by Crippen LogP contribution is -2.40. The molecule has 6 rings (SSSR count). The summed E-state index contributed by atoms with van der Waals surface area (Å²) in [6.45, 7) is 1.74. The number of nitro groups is 1. The third kappa shape index (κ3) is 5.80. The maximum atomic E-state index is 14.0. The van der Waals surface area contributed by atoms with Crippen LogP contribution in [0.25, 0.3) is 17.4 Å². The third-order valence-electron chi connectivity index (χ3n) is 7.11. The molecule has 0 aliphatic carbocycles. The van der Waals surface area contributed by atoms with Gasteiger partial charge in [-0.1, -0.05) is 64.9 Å². The normalized spacial score (nSPS) is 14.6. The molecule has 1 amide bonds. The molecule has 1 N–H and O–H groups in total. The molecule has 226 valence electrons. The fraction of sp³-hybridized carbons (Fsp3) is 0.0938. The predicted octanol–water partition coefficient (Wildman–Crippen LogP) is 6.36. The van der Waals surface area contributed by atoms with E-state index in [1.54, 1.807) is 62.6 Å². The Bertz CT molecular complexity index is 2200. The topological polar surface area (TPSA) is 129 Å². The Morgan fingerprint density at radius 1 is 1.09 bits per heavy atom. The summed E-state index contributed by atoms with van der Waals surface area (Å²) in [5.74, 6) is 0.816. The van der Waals surface area contributed by atoms with Gasteiger partial charge in [0.25, 0.3) is 17.2 Å². The van der Waals surface area contributed by atoms with Crippen molar-refractivity contribution in [3.8, 4) is 17.1 Å². The Morgan fingerprint density at radius 3 is 2.60 bits per heavy atom. The van der Waals surface area contributed by atoms with Crippen LogP contribution in [0.5, 0.6) is 5.75 Å². The number of nitrogens with zero attached hydrogens (tertiary/aromatic N) is 3. The fourth-order valence-corrected chi connectivity index (χ4v) is 6.54. The van der Waals surface area contributed by atoms with Gasteiger partial charge in [0.1, 0.15) is 22.3 Å². The molecule has 0 unspecified atom stereocenters. The molecule has 5 aromatic rings. The van der Waals surface area contributed by atoms with E-state index in [1.807, 2.05) is 24.3 Å². The molecule has 0 radical (unpaired) electrons. The molecule has 0 spiro atoms. The van der Waals surface area contributed by atoms with Crippen LogP contribution < -0.4 is 24.9 Å². The van der Waals surface area contributed by atoms with Crippen molar-refractivity contribution in [2.24, 2.45) is 4.99 Å². The molecule has 0 fully saturated rings. The number of rotatable bonds is 7. The van der Waals surface area contributed by atoms with Crippen molar-refractivity contribution in [2.45, 2.75) is 13.0 Å². The number of amides is 1. The van der Waals surface area contributed by atoms with E-state index in [0.29, 0.717) is 54.7 Å². The SMILES string of the molecule is COc1cccc([C@@H]2C(C(=O)Nc3ccccc3)=C(C)N=c3s/c(=C/c4ccc(-c5cc(Cl)c([N+](=O)[O-])cc5Cl)o4)c(=O)n32)c1. The molecule has 10 nitrogen and oxygen atoms in total. The number of aromatic nitrogens is 1. The minimum Gasteiger partial charge on any atom is -0.497 e. The number of ether oxygens (including phenoxy) is 1. The van der Waals surface area contributed by atoms with E-state index < -0.39 is 11.0 Å². The number of nitro benzene ring substituents is 1. The number of carbonyl (C=O) groups is 1. The molecule has 3 aromatic carbocycles. The Kier molecular flexibility index (Phi) is 8.15. The van der Waals surface area contributed by atoms with E-state index in [0.717, 1.165) is 17.4 Å². The van der Waals surface area contributed by atoms with Crippen LogP contribution in [0.3, 0.4) is 0 Å². The molecule has 3 heterocycles. The Labute approximate surface area is 269 Å². The maximum Gasteiger partial charge on any atom is 0.289 e. The van der Waals surface area contributed by atoms with Crippen molar-refractivity contribution in [1.29, 1.82) is 0 Å². The minimum absolute atomic E-state index is 0.0847. The maximum absolute atomic E-state index is 14.0. The standard InChI is InChI=1S/C32H22Cl2N4O6S/c1-17-28(30(39)36-19-8-4-3-5-9-19)29(18-7-6-10-20(13-18)43-2)37-31(40)27(45-32(37)35-17)14-21-11-12-26(44-21)22-15-24(34)25(38(41)42)16-23(22)33/h3-16,29H,1-2H3,(H,36,39)/b27-14+/t29-/m1/s1. The average Bonchev–Trinajstić information content (AvgIpc) is 3.61. The van der Waals surface area contributed by atoms with E-state index in [2.05, 4.69) is 10.3 Å². The van der Waals surface area contributed by atoms with Crippen LogP contribution in [0.4, 0.5) is 11.4 Å². The number of hydrogen-bond donors (Lipinski definition) is 1. The number of halogens is 2. The van der Waals surface area contributed by atoms with Crippen molar-refractivity contribution in [3.05, 3.63) is 141 Å². The summed E-state index contributed by atoms with van der Waals surface area (Å²) in [4.78, 5) is 43.4. The minimum atomic E-state index is -0.796. The molecule has 0 bridgehead atoms. The second kappa shape index (κ2) is 12.2. The summed E-state index contributed by atoms with van der Waals surface area (Å²) in [7, 11) is 1.55. The number of para-hydroxylation sites is 1. The Hall–Kier alpha value is -4.97. The fourth-order valence-electron chi connectivity index (χ4n) is 5.03. The Morgan fingerprint density at radius 2 is 1.87 bits per heavy atom. The van der Waals surface area contributed by atoms with Crippen molar-refractivity contribution in [3.63, 3.8) is 0 Å². The summed E-state index contributed by atoms with van der Waals surface area (Å²) in [6.07, 6.45) is 1.57. The van der Waals surface area contributed by atoms with Gasteiger partial charge in [-0.15, -0.1) is 0 Å². The first-order valence-corrected chi connectivity index (χ1v) is 15.0. The molecule has 0 saturated heterocycles. The lowest BCUT2D eigenvalue weighted by molar-refractivity contribution is -0.384. The number of thiazole rings is 1. The molecule has 1 aliphatic heterocycles. The molecule has 2 aromatic heterocycles. The molecule has 45 heavy (non-hydrogen) atoms. The quantitative estimate of drug-likeness (QED) is 0.160. The van der Waals surface area contributed by atoms with E-state index in [4.69, 9.17) is 32.4 Å². The van der Waals surface area contributed by atoms with Crippen LogP contribution in [0.1, 0.15) is 24.3 Å². The summed E-state index contributed by atoms with van der Waals surface area (Å²) in [5.41, 5.74) is 1.71. The highest BCUT2D eigenvalue weighted by molar-refractivity contribution is 7.07. The second-order valence-corrected chi connectivity index (χ2v) is 11.7. The van der Waals surface area contributed by atoms with E-state index in [9.17, 15) is 19.7 Å². The van der Waals surface area contributed by atoms with E-state index in [-0.39, 0.29) is 27.2 Å². The third-order valence-corrected chi connectivity index (χ3v) is 8.70. The first kappa shape index (κ1) is 30.1. The highest BCUT2D eigenvalue weighted by Crippen LogP contribution is 2.37. The zero-order valence-electron chi connectivity index (χ0n) is 23.6. The second-order valence-electron chi connectivity index (χ2n) is 9.92. The first-order valence-electron chi connectivity index (χ1n) is 13.4. The van der Waals surface area contributed by atoms with E-state index in [1.165, 1.54) is 10.6 Å². The molecule has 1 atom stereocenters. The number of hydrogen-bond acceptors (Lipinski definition) is 8. The van der Waals surface area contributed by atoms with Crippen LogP contribution in [0.2, 0.25) is 10.0 Å². The molecular formula is C32H22Cl2N4O6S. The van der Waals surface area contributed by atoms with Crippen LogP contribution in [-0.4, -0.2) is 22.5 Å². The smallest absolute Gasteiger partial charge is 0.289 e. The Balaban J connectivity index is 1.44. The van der Waals surface area contributed by atoms with Gasteiger partial charge in [0.05, 0.1) is 38.9 Å². The average molecular weight is 662 g/mol. The van der Waals surface area contributed by atoms with Crippen molar-refractivity contribution >= 4 is 57.9 Å². The van der Waals surface area contributed by atoms with Gasteiger partial charge >= 0.3 is 0 Å². The van der Waals surface area contributed by atoms with Gasteiger partial charge < -0.3 is 14.5 Å². The number of anilines is 1. The van der Waals surface area contributed by atoms with Crippen molar-refractivity contribution in [2.75, 3.05) is 12.4 Å². The molecule has 0 saturated carbocycles. The van der Waals surface area contributed by atoms with Gasteiger partial charge in [0, 0.05) is 23.4 Å². The number of fused-ring (bicyclic) bond motifs is 1. The van der Waals surface area contributed by atoms with Crippen LogP contribution in [-0.2, 0) is 4.79 Å². The number of allylic oxidation sites excluding steroid dienone is 1. The summed E-state index contributed by atoms with van der Waals surface area (Å²) in [5, 5.41) is 14.1. The van der Waals surface area contributed by atoms with Gasteiger partial charge in [-0.05, 0) is 55.0 Å². The first-order chi connectivity index (χ1) is 21.6. The summed E-state index contributed by atoms with van der Waals surface area (Å²) >= 11 is 13.5.